The van der Waals surface area contributed by atoms with Crippen molar-refractivity contribution in [1.29, 1.82) is 0 Å². The van der Waals surface area contributed by atoms with Crippen LogP contribution < -0.4 is 21.3 Å². The van der Waals surface area contributed by atoms with Crippen molar-refractivity contribution in [2.24, 2.45) is 4.99 Å². The number of hydrogen-bond donors (Lipinski definition) is 4. The molecule has 2 rings (SSSR count). The SMILES string of the molecule is CCC(=O)NC1=CN=CC(C)(NC(C)c2ccc(NCC(F)(F)F)nc2)N1. The van der Waals surface area contributed by atoms with E-state index in [1.807, 2.05) is 13.8 Å². The molecule has 0 fully saturated rings. The van der Waals surface area contributed by atoms with Crippen LogP contribution >= 0.6 is 0 Å². The number of anilines is 1. The second-order valence-electron chi connectivity index (χ2n) is 6.36. The molecule has 1 aliphatic rings. The maximum Gasteiger partial charge on any atom is 0.405 e. The predicted octanol–water partition coefficient (Wildman–Crippen LogP) is 2.42. The van der Waals surface area contributed by atoms with Crippen molar-refractivity contribution in [3.63, 3.8) is 0 Å². The van der Waals surface area contributed by atoms with Gasteiger partial charge >= 0.3 is 6.18 Å². The van der Waals surface area contributed by atoms with Gasteiger partial charge in [-0.25, -0.2) is 4.98 Å². The van der Waals surface area contributed by atoms with Crippen LogP contribution in [0.5, 0.6) is 0 Å². The average molecular weight is 384 g/mol. The van der Waals surface area contributed by atoms with Crippen LogP contribution in [-0.2, 0) is 4.79 Å². The Hall–Kier alpha value is -2.62. The third kappa shape index (κ3) is 6.55. The zero-order valence-electron chi connectivity index (χ0n) is 15.3. The number of nitrogens with one attached hydrogen (secondary N) is 4. The highest BCUT2D eigenvalue weighted by Crippen LogP contribution is 2.19. The van der Waals surface area contributed by atoms with E-state index in [2.05, 4.69) is 31.2 Å². The third-order valence-electron chi connectivity index (χ3n) is 3.80. The number of alkyl halides is 3. The molecule has 27 heavy (non-hydrogen) atoms. The molecule has 7 nitrogen and oxygen atoms in total. The summed E-state index contributed by atoms with van der Waals surface area (Å²) in [5.74, 6) is 0.503. The summed E-state index contributed by atoms with van der Waals surface area (Å²) in [6, 6.07) is 3.01. The smallest absolute Gasteiger partial charge is 0.361 e. The first kappa shape index (κ1) is 20.7. The van der Waals surface area contributed by atoms with E-state index in [-0.39, 0.29) is 17.8 Å². The first-order valence-corrected chi connectivity index (χ1v) is 8.47. The van der Waals surface area contributed by atoms with Gasteiger partial charge in [-0.05, 0) is 25.5 Å². The molecule has 0 radical (unpaired) electrons. The van der Waals surface area contributed by atoms with Gasteiger partial charge in [-0.1, -0.05) is 13.0 Å². The molecule has 2 atom stereocenters. The van der Waals surface area contributed by atoms with Crippen molar-refractivity contribution >= 4 is 17.9 Å². The molecule has 1 aromatic heterocycles. The molecule has 4 N–H and O–H groups in total. The molecule has 0 aromatic carbocycles. The first-order chi connectivity index (χ1) is 12.6. The lowest BCUT2D eigenvalue weighted by Gasteiger charge is -2.35. The van der Waals surface area contributed by atoms with Gasteiger partial charge in [0.25, 0.3) is 0 Å². The number of rotatable bonds is 7. The fourth-order valence-electron chi connectivity index (χ4n) is 2.47. The third-order valence-corrected chi connectivity index (χ3v) is 3.80. The van der Waals surface area contributed by atoms with Gasteiger partial charge < -0.3 is 16.0 Å². The Balaban J connectivity index is 1.96. The summed E-state index contributed by atoms with van der Waals surface area (Å²) in [5.41, 5.74) is 0.0650. The number of aliphatic imine (C=N–C) groups is 1. The van der Waals surface area contributed by atoms with Gasteiger partial charge in [0.2, 0.25) is 5.91 Å². The van der Waals surface area contributed by atoms with E-state index in [0.29, 0.717) is 12.2 Å². The standard InChI is InChI=1S/C17H23F3N6O/c1-4-15(27)24-14-8-21-9-16(3,26-14)25-11(2)12-5-6-13(22-7-12)23-10-17(18,19)20/h5-9,11,25-26H,4,10H2,1-3H3,(H,22,23)(H,24,27). The fourth-order valence-corrected chi connectivity index (χ4v) is 2.47. The van der Waals surface area contributed by atoms with Crippen LogP contribution in [0, 0.1) is 0 Å². The second kappa shape index (κ2) is 8.38. The number of amides is 1. The van der Waals surface area contributed by atoms with Crippen LogP contribution in [0.3, 0.4) is 0 Å². The summed E-state index contributed by atoms with van der Waals surface area (Å²) in [6.07, 6.45) is 0.745. The van der Waals surface area contributed by atoms with Crippen molar-refractivity contribution in [1.82, 2.24) is 20.9 Å². The number of carbonyl (C=O) groups is 1. The van der Waals surface area contributed by atoms with E-state index in [1.165, 1.54) is 18.5 Å². The zero-order valence-corrected chi connectivity index (χ0v) is 15.3. The molecule has 10 heteroatoms. The Labute approximate surface area is 155 Å². The lowest BCUT2D eigenvalue weighted by molar-refractivity contribution is -0.120. The van der Waals surface area contributed by atoms with E-state index in [1.54, 1.807) is 19.2 Å². The van der Waals surface area contributed by atoms with Gasteiger partial charge in [-0.3, -0.25) is 15.1 Å². The summed E-state index contributed by atoms with van der Waals surface area (Å²) in [5, 5.41) is 11.4. The van der Waals surface area contributed by atoms with Crippen LogP contribution in [0.15, 0.2) is 35.3 Å². The molecule has 1 amide bonds. The largest absolute Gasteiger partial charge is 0.405 e. The van der Waals surface area contributed by atoms with Gasteiger partial charge in [0.1, 0.15) is 23.8 Å². The lowest BCUT2D eigenvalue weighted by Crippen LogP contribution is -2.59. The maximum atomic E-state index is 12.2. The average Bonchev–Trinajstić information content (AvgIpc) is 2.59. The molecule has 1 aromatic rings. The second-order valence-corrected chi connectivity index (χ2v) is 6.36. The summed E-state index contributed by atoms with van der Waals surface area (Å²) in [6.45, 7) is 4.36. The number of pyridine rings is 1. The summed E-state index contributed by atoms with van der Waals surface area (Å²) in [4.78, 5) is 19.7. The molecule has 0 saturated heterocycles. The lowest BCUT2D eigenvalue weighted by atomic mass is 10.1. The van der Waals surface area contributed by atoms with Crippen LogP contribution in [-0.4, -0.2) is 35.5 Å². The highest BCUT2D eigenvalue weighted by atomic mass is 19.4. The minimum atomic E-state index is -4.30. The number of aromatic nitrogens is 1. The topological polar surface area (TPSA) is 90.4 Å². The molecule has 148 valence electrons. The number of nitrogens with zero attached hydrogens (tertiary/aromatic N) is 2. The first-order valence-electron chi connectivity index (χ1n) is 8.47. The summed E-state index contributed by atoms with van der Waals surface area (Å²) >= 11 is 0. The van der Waals surface area contributed by atoms with Gasteiger partial charge in [0.05, 0.1) is 6.20 Å². The van der Waals surface area contributed by atoms with Crippen molar-refractivity contribution in [3.8, 4) is 0 Å². The minimum Gasteiger partial charge on any atom is -0.361 e. The fraction of sp³-hybridized carbons (Fsp3) is 0.471. The van der Waals surface area contributed by atoms with Crippen LogP contribution in [0.4, 0.5) is 19.0 Å². The Morgan fingerprint density at radius 3 is 2.70 bits per heavy atom. The summed E-state index contributed by atoms with van der Waals surface area (Å²) in [7, 11) is 0. The molecule has 0 spiro atoms. The summed E-state index contributed by atoms with van der Waals surface area (Å²) < 4.78 is 36.7. The van der Waals surface area contributed by atoms with Crippen LogP contribution in [0.2, 0.25) is 0 Å². The van der Waals surface area contributed by atoms with E-state index >= 15 is 0 Å². The predicted molar refractivity (Wildman–Crippen MR) is 96.9 cm³/mol. The van der Waals surface area contributed by atoms with E-state index in [9.17, 15) is 18.0 Å². The van der Waals surface area contributed by atoms with E-state index in [4.69, 9.17) is 0 Å². The number of halogens is 3. The van der Waals surface area contributed by atoms with Crippen molar-refractivity contribution in [2.45, 2.75) is 45.1 Å². The Kier molecular flexibility index (Phi) is 6.42. The molecule has 0 aliphatic carbocycles. The van der Waals surface area contributed by atoms with Crippen LogP contribution in [0.1, 0.15) is 38.8 Å². The molecule has 0 saturated carbocycles. The van der Waals surface area contributed by atoms with Gasteiger partial charge in [-0.15, -0.1) is 0 Å². The molecule has 1 aliphatic heterocycles. The van der Waals surface area contributed by atoms with Gasteiger partial charge in [0, 0.05) is 24.9 Å². The highest BCUT2D eigenvalue weighted by molar-refractivity contribution is 5.78. The number of carbonyl (C=O) groups excluding carboxylic acids is 1. The molecular weight excluding hydrogens is 361 g/mol. The van der Waals surface area contributed by atoms with Gasteiger partial charge in [0.15, 0.2) is 0 Å². The number of hydrogen-bond acceptors (Lipinski definition) is 6. The molecular formula is C17H23F3N6O. The Morgan fingerprint density at radius 2 is 2.11 bits per heavy atom. The normalized spacial score (nSPS) is 20.4. The molecule has 2 heterocycles. The maximum absolute atomic E-state index is 12.2. The molecule has 0 bridgehead atoms. The van der Waals surface area contributed by atoms with E-state index < -0.39 is 18.4 Å². The monoisotopic (exact) mass is 384 g/mol. The van der Waals surface area contributed by atoms with E-state index in [0.717, 1.165) is 5.56 Å². The zero-order chi connectivity index (χ0) is 20.1. The van der Waals surface area contributed by atoms with Crippen molar-refractivity contribution in [2.75, 3.05) is 11.9 Å². The molecule has 2 unspecified atom stereocenters. The van der Waals surface area contributed by atoms with Crippen molar-refractivity contribution < 1.29 is 18.0 Å². The Morgan fingerprint density at radius 1 is 1.37 bits per heavy atom. The van der Waals surface area contributed by atoms with Crippen LogP contribution in [0.25, 0.3) is 0 Å². The highest BCUT2D eigenvalue weighted by Gasteiger charge is 2.28. The van der Waals surface area contributed by atoms with Gasteiger partial charge in [-0.2, -0.15) is 13.2 Å². The Bertz CT molecular complexity index is 716. The quantitative estimate of drug-likeness (QED) is 0.580. The van der Waals surface area contributed by atoms with Crippen molar-refractivity contribution in [3.05, 3.63) is 35.9 Å². The minimum absolute atomic E-state index is 0.132.